The van der Waals surface area contributed by atoms with Crippen LogP contribution in [-0.4, -0.2) is 36.5 Å². The first kappa shape index (κ1) is 21.7. The van der Waals surface area contributed by atoms with Gasteiger partial charge in [0, 0.05) is 32.4 Å². The smallest absolute Gasteiger partial charge is 0.246 e. The normalized spacial score (nSPS) is 10.4. The summed E-state index contributed by atoms with van der Waals surface area (Å²) in [5.74, 6) is -0.248. The molecule has 1 aromatic rings. The summed E-state index contributed by atoms with van der Waals surface area (Å²) in [6.45, 7) is 3.96. The third-order valence-corrected chi connectivity index (χ3v) is 3.73. The zero-order valence-electron chi connectivity index (χ0n) is 15.5. The van der Waals surface area contributed by atoms with Gasteiger partial charge in [-0.25, -0.2) is 0 Å². The van der Waals surface area contributed by atoms with Gasteiger partial charge in [0.2, 0.25) is 5.91 Å². The number of hydrogen-bond acceptors (Lipinski definition) is 5. The Labute approximate surface area is 154 Å². The molecular weight excluding hydrogens is 334 g/mol. The molecule has 142 valence electrons. The van der Waals surface area contributed by atoms with E-state index in [1.165, 1.54) is 6.92 Å². The SMILES string of the molecule is CCC(=O)CCCOCC(=O)NCc1ccc(CC(=O)CC(C)=O)cc1. The zero-order chi connectivity index (χ0) is 19.4. The maximum absolute atomic E-state index is 11.7. The average molecular weight is 361 g/mol. The Morgan fingerprint density at radius 3 is 2.27 bits per heavy atom. The van der Waals surface area contributed by atoms with E-state index in [0.717, 1.165) is 11.1 Å². The van der Waals surface area contributed by atoms with Gasteiger partial charge in [-0.05, 0) is 24.5 Å². The second kappa shape index (κ2) is 12.1. The van der Waals surface area contributed by atoms with Crippen molar-refractivity contribution in [1.82, 2.24) is 5.32 Å². The van der Waals surface area contributed by atoms with Gasteiger partial charge in [0.1, 0.15) is 24.0 Å². The van der Waals surface area contributed by atoms with Gasteiger partial charge >= 0.3 is 0 Å². The Kier molecular flexibility index (Phi) is 10.1. The fourth-order valence-electron chi connectivity index (χ4n) is 2.31. The van der Waals surface area contributed by atoms with E-state index < -0.39 is 0 Å². The number of carbonyl (C=O) groups is 4. The zero-order valence-corrected chi connectivity index (χ0v) is 15.5. The number of Topliss-reactive ketones (excluding diaryl/α,β-unsaturated/α-hetero) is 3. The number of hydrogen-bond donors (Lipinski definition) is 1. The third kappa shape index (κ3) is 9.84. The molecule has 0 bridgehead atoms. The van der Waals surface area contributed by atoms with E-state index in [-0.39, 0.29) is 42.7 Å². The lowest BCUT2D eigenvalue weighted by atomic mass is 10.0. The van der Waals surface area contributed by atoms with Crippen molar-refractivity contribution >= 4 is 23.3 Å². The summed E-state index contributed by atoms with van der Waals surface area (Å²) in [4.78, 5) is 45.4. The number of amides is 1. The lowest BCUT2D eigenvalue weighted by molar-refractivity contribution is -0.127. The van der Waals surface area contributed by atoms with E-state index in [9.17, 15) is 19.2 Å². The Balaban J connectivity index is 2.24. The molecule has 0 aliphatic carbocycles. The van der Waals surface area contributed by atoms with E-state index in [0.29, 0.717) is 32.4 Å². The summed E-state index contributed by atoms with van der Waals surface area (Å²) >= 11 is 0. The van der Waals surface area contributed by atoms with Crippen molar-refractivity contribution in [2.45, 2.75) is 52.5 Å². The summed E-state index contributed by atoms with van der Waals surface area (Å²) in [6, 6.07) is 7.32. The van der Waals surface area contributed by atoms with Gasteiger partial charge in [0.05, 0.1) is 6.42 Å². The van der Waals surface area contributed by atoms with Crippen LogP contribution in [0.4, 0.5) is 0 Å². The van der Waals surface area contributed by atoms with Crippen LogP contribution in [0.5, 0.6) is 0 Å². The number of carbonyl (C=O) groups excluding carboxylic acids is 4. The predicted octanol–water partition coefficient (Wildman–Crippen LogP) is 2.17. The van der Waals surface area contributed by atoms with Crippen LogP contribution in [0.25, 0.3) is 0 Å². The van der Waals surface area contributed by atoms with Crippen molar-refractivity contribution in [3.63, 3.8) is 0 Å². The maximum atomic E-state index is 11.7. The highest BCUT2D eigenvalue weighted by molar-refractivity contribution is 5.98. The van der Waals surface area contributed by atoms with Crippen LogP contribution in [-0.2, 0) is 36.9 Å². The molecule has 26 heavy (non-hydrogen) atoms. The standard InChI is InChI=1S/C20H27NO5/c1-3-18(23)5-4-10-26-14-20(25)21-13-17-8-6-16(7-9-17)12-19(24)11-15(2)22/h6-9H,3-5,10-14H2,1-2H3,(H,21,25). The highest BCUT2D eigenvalue weighted by atomic mass is 16.5. The number of rotatable bonds is 13. The molecule has 0 spiro atoms. The van der Waals surface area contributed by atoms with Gasteiger partial charge in [-0.15, -0.1) is 0 Å². The van der Waals surface area contributed by atoms with Crippen LogP contribution >= 0.6 is 0 Å². The Bertz CT molecular complexity index is 622. The molecule has 0 saturated carbocycles. The van der Waals surface area contributed by atoms with Crippen molar-refractivity contribution in [2.24, 2.45) is 0 Å². The van der Waals surface area contributed by atoms with Gasteiger partial charge in [-0.3, -0.25) is 19.2 Å². The van der Waals surface area contributed by atoms with Crippen molar-refractivity contribution in [3.05, 3.63) is 35.4 Å². The topological polar surface area (TPSA) is 89.5 Å². The fraction of sp³-hybridized carbons (Fsp3) is 0.500. The molecule has 0 unspecified atom stereocenters. The van der Waals surface area contributed by atoms with Crippen molar-refractivity contribution < 1.29 is 23.9 Å². The number of benzene rings is 1. The molecule has 0 aromatic heterocycles. The molecule has 1 aromatic carbocycles. The Morgan fingerprint density at radius 2 is 1.65 bits per heavy atom. The molecule has 0 fully saturated rings. The van der Waals surface area contributed by atoms with E-state index >= 15 is 0 Å². The second-order valence-corrected chi connectivity index (χ2v) is 6.24. The lowest BCUT2D eigenvalue weighted by Crippen LogP contribution is -2.27. The third-order valence-electron chi connectivity index (χ3n) is 3.73. The average Bonchev–Trinajstić information content (AvgIpc) is 2.59. The highest BCUT2D eigenvalue weighted by Crippen LogP contribution is 2.07. The monoisotopic (exact) mass is 361 g/mol. The molecule has 6 nitrogen and oxygen atoms in total. The van der Waals surface area contributed by atoms with E-state index in [1.54, 1.807) is 0 Å². The molecule has 1 rings (SSSR count). The van der Waals surface area contributed by atoms with Gasteiger partial charge < -0.3 is 10.1 Å². The maximum Gasteiger partial charge on any atom is 0.246 e. The van der Waals surface area contributed by atoms with Crippen molar-refractivity contribution in [1.29, 1.82) is 0 Å². The van der Waals surface area contributed by atoms with Gasteiger partial charge in [-0.2, -0.15) is 0 Å². The van der Waals surface area contributed by atoms with Crippen LogP contribution in [0.1, 0.15) is 50.7 Å². The second-order valence-electron chi connectivity index (χ2n) is 6.24. The molecular formula is C20H27NO5. The molecule has 0 radical (unpaired) electrons. The van der Waals surface area contributed by atoms with Gasteiger partial charge in [-0.1, -0.05) is 31.2 Å². The van der Waals surface area contributed by atoms with Crippen LogP contribution < -0.4 is 5.32 Å². The van der Waals surface area contributed by atoms with Crippen LogP contribution in [0, 0.1) is 0 Å². The summed E-state index contributed by atoms with van der Waals surface area (Å²) in [7, 11) is 0. The minimum atomic E-state index is -0.215. The minimum Gasteiger partial charge on any atom is -0.372 e. The minimum absolute atomic E-state index is 0.0298. The van der Waals surface area contributed by atoms with Crippen molar-refractivity contribution in [3.8, 4) is 0 Å². The number of ketones is 3. The predicted molar refractivity (Wildman–Crippen MR) is 97.6 cm³/mol. The molecule has 0 heterocycles. The molecule has 0 aliphatic heterocycles. The molecule has 1 N–H and O–H groups in total. The van der Waals surface area contributed by atoms with Gasteiger partial charge in [0.25, 0.3) is 0 Å². The molecule has 0 saturated heterocycles. The first-order valence-electron chi connectivity index (χ1n) is 8.85. The summed E-state index contributed by atoms with van der Waals surface area (Å²) in [5.41, 5.74) is 1.76. The molecule has 6 heteroatoms. The van der Waals surface area contributed by atoms with E-state index in [2.05, 4.69) is 5.32 Å². The largest absolute Gasteiger partial charge is 0.372 e. The lowest BCUT2D eigenvalue weighted by Gasteiger charge is -2.07. The fourth-order valence-corrected chi connectivity index (χ4v) is 2.31. The number of nitrogens with one attached hydrogen (secondary N) is 1. The highest BCUT2D eigenvalue weighted by Gasteiger charge is 2.07. The Morgan fingerprint density at radius 1 is 1.00 bits per heavy atom. The van der Waals surface area contributed by atoms with Gasteiger partial charge in [0.15, 0.2) is 0 Å². The summed E-state index contributed by atoms with van der Waals surface area (Å²) in [5, 5.41) is 2.75. The van der Waals surface area contributed by atoms with Crippen molar-refractivity contribution in [2.75, 3.05) is 13.2 Å². The van der Waals surface area contributed by atoms with E-state index in [4.69, 9.17) is 4.74 Å². The first-order valence-corrected chi connectivity index (χ1v) is 8.85. The molecule has 0 atom stereocenters. The summed E-state index contributed by atoms with van der Waals surface area (Å²) < 4.78 is 5.24. The molecule has 0 aliphatic rings. The molecule has 1 amide bonds. The van der Waals surface area contributed by atoms with E-state index in [1.807, 2.05) is 31.2 Å². The first-order chi connectivity index (χ1) is 12.4. The quantitative estimate of drug-likeness (QED) is 0.430. The number of ether oxygens (including phenoxy) is 1. The summed E-state index contributed by atoms with van der Waals surface area (Å²) in [6.07, 6.45) is 1.85. The van der Waals surface area contributed by atoms with Crippen LogP contribution in [0.2, 0.25) is 0 Å². The van der Waals surface area contributed by atoms with Crippen LogP contribution in [0.3, 0.4) is 0 Å². The van der Waals surface area contributed by atoms with Crippen LogP contribution in [0.15, 0.2) is 24.3 Å². The Hall–Kier alpha value is -2.34.